The third-order valence-corrected chi connectivity index (χ3v) is 5.40. The number of amides is 1. The number of carboxylic acids is 1. The molecule has 1 saturated carbocycles. The molecule has 1 fully saturated rings. The Morgan fingerprint density at radius 2 is 1.88 bits per heavy atom. The zero-order chi connectivity index (χ0) is 18.7. The number of benzene rings is 1. The number of carbonyl (C=O) groups is 2. The highest BCUT2D eigenvalue weighted by atomic mass is 32.2. The van der Waals surface area contributed by atoms with E-state index in [-0.39, 0.29) is 29.6 Å². The highest BCUT2D eigenvalue weighted by molar-refractivity contribution is 7.89. The Kier molecular flexibility index (Phi) is 5.10. The van der Waals surface area contributed by atoms with Crippen molar-refractivity contribution >= 4 is 21.9 Å². The summed E-state index contributed by atoms with van der Waals surface area (Å²) in [5.41, 5.74) is 0.253. The van der Waals surface area contributed by atoms with Crippen molar-refractivity contribution in [2.45, 2.75) is 30.3 Å². The maximum Gasteiger partial charge on any atom is 0.323 e. The van der Waals surface area contributed by atoms with Gasteiger partial charge in [-0.1, -0.05) is 0 Å². The lowest BCUT2D eigenvalue weighted by Gasteiger charge is -2.20. The average molecular weight is 378 g/mol. The zero-order valence-electron chi connectivity index (χ0n) is 13.8. The van der Waals surface area contributed by atoms with Gasteiger partial charge in [-0.05, 0) is 49.2 Å². The third kappa shape index (κ3) is 4.30. The SMILES string of the molecule is O=C(O)CN(C(=O)c1ccc(S(=O)(=O)NCc2ccco2)cc1)C1CC1. The fraction of sp³-hybridized carbons (Fsp3) is 0.294. The topological polar surface area (TPSA) is 117 Å². The lowest BCUT2D eigenvalue weighted by molar-refractivity contribution is -0.137. The molecule has 9 heteroatoms. The van der Waals surface area contributed by atoms with E-state index in [1.54, 1.807) is 12.1 Å². The predicted molar refractivity (Wildman–Crippen MR) is 90.9 cm³/mol. The lowest BCUT2D eigenvalue weighted by atomic mass is 10.2. The molecule has 0 aliphatic heterocycles. The van der Waals surface area contributed by atoms with E-state index in [4.69, 9.17) is 9.52 Å². The number of rotatable bonds is 8. The number of carbonyl (C=O) groups excluding carboxylic acids is 1. The number of furan rings is 1. The fourth-order valence-electron chi connectivity index (χ4n) is 2.50. The molecule has 3 rings (SSSR count). The van der Waals surface area contributed by atoms with Gasteiger partial charge in [0.05, 0.1) is 17.7 Å². The summed E-state index contributed by atoms with van der Waals surface area (Å²) >= 11 is 0. The molecule has 0 radical (unpaired) electrons. The summed E-state index contributed by atoms with van der Waals surface area (Å²) in [7, 11) is -3.75. The second kappa shape index (κ2) is 7.30. The summed E-state index contributed by atoms with van der Waals surface area (Å²) < 4.78 is 32.0. The van der Waals surface area contributed by atoms with Crippen LogP contribution in [0.2, 0.25) is 0 Å². The van der Waals surface area contributed by atoms with Gasteiger partial charge in [0, 0.05) is 11.6 Å². The first-order valence-corrected chi connectivity index (χ1v) is 9.50. The molecule has 0 bridgehead atoms. The Morgan fingerprint density at radius 1 is 1.19 bits per heavy atom. The van der Waals surface area contributed by atoms with E-state index in [1.165, 1.54) is 35.4 Å². The summed E-state index contributed by atoms with van der Waals surface area (Å²) in [5, 5.41) is 8.96. The van der Waals surface area contributed by atoms with Gasteiger partial charge >= 0.3 is 5.97 Å². The number of hydrogen-bond donors (Lipinski definition) is 2. The highest BCUT2D eigenvalue weighted by Crippen LogP contribution is 2.28. The summed E-state index contributed by atoms with van der Waals surface area (Å²) in [4.78, 5) is 24.8. The molecule has 2 N–H and O–H groups in total. The molecule has 1 aliphatic rings. The predicted octanol–water partition coefficient (Wildman–Crippen LogP) is 1.45. The van der Waals surface area contributed by atoms with Gasteiger partial charge in [-0.25, -0.2) is 13.1 Å². The number of sulfonamides is 1. The molecule has 0 spiro atoms. The van der Waals surface area contributed by atoms with E-state index < -0.39 is 21.9 Å². The maximum absolute atomic E-state index is 12.5. The van der Waals surface area contributed by atoms with Crippen molar-refractivity contribution in [2.75, 3.05) is 6.54 Å². The normalized spacial score (nSPS) is 14.2. The van der Waals surface area contributed by atoms with Crippen LogP contribution < -0.4 is 4.72 Å². The molecule has 1 aromatic carbocycles. The maximum atomic E-state index is 12.5. The largest absolute Gasteiger partial charge is 0.480 e. The molecule has 1 heterocycles. The minimum atomic E-state index is -3.75. The molecule has 0 saturated heterocycles. The molecule has 26 heavy (non-hydrogen) atoms. The van der Waals surface area contributed by atoms with Crippen LogP contribution in [-0.4, -0.2) is 42.9 Å². The second-order valence-corrected chi connectivity index (χ2v) is 7.75. The van der Waals surface area contributed by atoms with Crippen LogP contribution in [0, 0.1) is 0 Å². The van der Waals surface area contributed by atoms with Gasteiger partial charge in [0.25, 0.3) is 5.91 Å². The van der Waals surface area contributed by atoms with Gasteiger partial charge < -0.3 is 14.4 Å². The molecular formula is C17H18N2O6S. The van der Waals surface area contributed by atoms with Crippen LogP contribution in [0.4, 0.5) is 0 Å². The van der Waals surface area contributed by atoms with Crippen molar-refractivity contribution in [2.24, 2.45) is 0 Å². The first-order chi connectivity index (χ1) is 12.4. The van der Waals surface area contributed by atoms with Crippen LogP contribution in [0.1, 0.15) is 29.0 Å². The van der Waals surface area contributed by atoms with E-state index in [9.17, 15) is 18.0 Å². The summed E-state index contributed by atoms with van der Waals surface area (Å²) in [6.45, 7) is -0.349. The van der Waals surface area contributed by atoms with Crippen molar-refractivity contribution in [3.05, 3.63) is 54.0 Å². The van der Waals surface area contributed by atoms with Gasteiger partial charge in [-0.3, -0.25) is 9.59 Å². The lowest BCUT2D eigenvalue weighted by Crippen LogP contribution is -2.37. The van der Waals surface area contributed by atoms with Crippen molar-refractivity contribution < 1.29 is 27.5 Å². The Hall–Kier alpha value is -2.65. The first-order valence-electron chi connectivity index (χ1n) is 8.02. The minimum absolute atomic E-state index is 0.0109. The van der Waals surface area contributed by atoms with Crippen LogP contribution >= 0.6 is 0 Å². The number of nitrogens with zero attached hydrogens (tertiary/aromatic N) is 1. The molecule has 2 aromatic rings. The Morgan fingerprint density at radius 3 is 2.42 bits per heavy atom. The Bertz CT molecular complexity index is 886. The average Bonchev–Trinajstić information content (AvgIpc) is 3.32. The molecular weight excluding hydrogens is 360 g/mol. The summed E-state index contributed by atoms with van der Waals surface area (Å²) in [6, 6.07) is 8.68. The van der Waals surface area contributed by atoms with Crippen molar-refractivity contribution in [3.63, 3.8) is 0 Å². The Labute approximate surface area is 150 Å². The quantitative estimate of drug-likeness (QED) is 0.718. The van der Waals surface area contributed by atoms with Gasteiger partial charge in [0.15, 0.2) is 0 Å². The molecule has 8 nitrogen and oxygen atoms in total. The van der Waals surface area contributed by atoms with Crippen LogP contribution in [0.5, 0.6) is 0 Å². The molecule has 1 amide bonds. The van der Waals surface area contributed by atoms with Crippen molar-refractivity contribution in [3.8, 4) is 0 Å². The summed E-state index contributed by atoms with van der Waals surface area (Å²) in [6.07, 6.45) is 3.01. The number of carboxylic acid groups (broad SMARTS) is 1. The zero-order valence-corrected chi connectivity index (χ0v) is 14.6. The molecule has 138 valence electrons. The fourth-order valence-corrected chi connectivity index (χ4v) is 3.50. The number of nitrogens with one attached hydrogen (secondary N) is 1. The van der Waals surface area contributed by atoms with E-state index >= 15 is 0 Å². The van der Waals surface area contributed by atoms with Gasteiger partial charge in [0.1, 0.15) is 12.3 Å². The van der Waals surface area contributed by atoms with Crippen LogP contribution in [0.3, 0.4) is 0 Å². The smallest absolute Gasteiger partial charge is 0.323 e. The molecule has 1 aromatic heterocycles. The minimum Gasteiger partial charge on any atom is -0.480 e. The number of hydrogen-bond acceptors (Lipinski definition) is 5. The molecule has 0 atom stereocenters. The molecule has 0 unspecified atom stereocenters. The van der Waals surface area contributed by atoms with Crippen molar-refractivity contribution in [1.82, 2.24) is 9.62 Å². The van der Waals surface area contributed by atoms with Crippen LogP contribution in [0.15, 0.2) is 52.0 Å². The van der Waals surface area contributed by atoms with Crippen LogP contribution in [0.25, 0.3) is 0 Å². The van der Waals surface area contributed by atoms with Crippen LogP contribution in [-0.2, 0) is 21.4 Å². The van der Waals surface area contributed by atoms with Gasteiger partial charge in [-0.2, -0.15) is 0 Å². The first kappa shape index (κ1) is 18.2. The van der Waals surface area contributed by atoms with E-state index in [1.807, 2.05) is 0 Å². The second-order valence-electron chi connectivity index (χ2n) is 5.99. The monoisotopic (exact) mass is 378 g/mol. The van der Waals surface area contributed by atoms with E-state index in [0.29, 0.717) is 5.76 Å². The van der Waals surface area contributed by atoms with Gasteiger partial charge in [0.2, 0.25) is 10.0 Å². The van der Waals surface area contributed by atoms with E-state index in [2.05, 4.69) is 4.72 Å². The highest BCUT2D eigenvalue weighted by Gasteiger charge is 2.34. The van der Waals surface area contributed by atoms with E-state index in [0.717, 1.165) is 12.8 Å². The molecule has 1 aliphatic carbocycles. The van der Waals surface area contributed by atoms with Crippen molar-refractivity contribution in [1.29, 1.82) is 0 Å². The third-order valence-electron chi connectivity index (χ3n) is 3.98. The summed E-state index contributed by atoms with van der Waals surface area (Å²) in [5.74, 6) is -1.01. The standard InChI is InChI=1S/C17H18N2O6S/c20-16(21)11-19(13-5-6-13)17(22)12-3-7-15(8-4-12)26(23,24)18-10-14-2-1-9-25-14/h1-4,7-9,13,18H,5-6,10-11H2,(H,20,21). The van der Waals surface area contributed by atoms with Gasteiger partial charge in [-0.15, -0.1) is 0 Å². The number of aliphatic carboxylic acids is 1. The Balaban J connectivity index is 1.70.